The lowest BCUT2D eigenvalue weighted by Gasteiger charge is -2.31. The van der Waals surface area contributed by atoms with E-state index in [-0.39, 0.29) is 37.0 Å². The molecule has 0 aliphatic carbocycles. The van der Waals surface area contributed by atoms with Crippen LogP contribution in [0.2, 0.25) is 0 Å². The Labute approximate surface area is 350 Å². The molecule has 2 aromatic carbocycles. The minimum Gasteiger partial charge on any atom is -0.343 e. The fourth-order valence-corrected chi connectivity index (χ4v) is 8.35. The lowest BCUT2D eigenvalue weighted by molar-refractivity contribution is -0.684. The highest BCUT2D eigenvalue weighted by Crippen LogP contribution is 2.51. The zero-order valence-corrected chi connectivity index (χ0v) is 36.1. The number of carbonyl (C=O) groups excluding carboxylic acids is 4. The van der Waals surface area contributed by atoms with Gasteiger partial charge in [-0.05, 0) is 93.1 Å². The Morgan fingerprint density at radius 2 is 1.68 bits per heavy atom. The lowest BCUT2D eigenvalue weighted by Crippen LogP contribution is -2.38. The van der Waals surface area contributed by atoms with Gasteiger partial charge >= 0.3 is 19.4 Å². The van der Waals surface area contributed by atoms with Gasteiger partial charge in [0, 0.05) is 43.2 Å². The number of aromatic nitrogens is 1. The van der Waals surface area contributed by atoms with E-state index in [4.69, 9.17) is 14.7 Å². The number of nitrogens with zero attached hydrogens (tertiary/aromatic N) is 5. The Kier molecular flexibility index (Phi) is 12.9. The number of allylic oxidation sites excluding steroid dienone is 6. The fourth-order valence-electron chi connectivity index (χ4n) is 7.89. The van der Waals surface area contributed by atoms with Crippen LogP contribution >= 0.6 is 7.60 Å². The van der Waals surface area contributed by atoms with E-state index in [1.807, 2.05) is 71.2 Å². The molecule has 15 heteroatoms. The third-order valence-corrected chi connectivity index (χ3v) is 12.2. The summed E-state index contributed by atoms with van der Waals surface area (Å²) in [5, 5.41) is 1.73. The summed E-state index contributed by atoms with van der Waals surface area (Å²) >= 11 is 0. The molecular weight excluding hydrogens is 785 g/mol. The molecule has 0 radical (unpaired) electrons. The van der Waals surface area contributed by atoms with E-state index in [0.29, 0.717) is 23.6 Å². The number of amides is 3. The summed E-state index contributed by atoms with van der Waals surface area (Å²) in [4.78, 5) is 87.2. The third kappa shape index (κ3) is 9.12. The number of imide groups is 1. The zero-order chi connectivity index (χ0) is 43.6. The summed E-state index contributed by atoms with van der Waals surface area (Å²) in [5.74, 6) is -1.37. The van der Waals surface area contributed by atoms with Crippen molar-refractivity contribution in [3.63, 3.8) is 0 Å². The molecule has 316 valence electrons. The zero-order valence-electron chi connectivity index (χ0n) is 35.2. The van der Waals surface area contributed by atoms with Crippen LogP contribution in [-0.4, -0.2) is 76.2 Å². The van der Waals surface area contributed by atoms with Gasteiger partial charge in [0.05, 0.1) is 41.9 Å². The Bertz CT molecular complexity index is 2360. The van der Waals surface area contributed by atoms with Gasteiger partial charge in [0.1, 0.15) is 6.20 Å². The molecule has 1 fully saturated rings. The molecule has 1 aromatic heterocycles. The highest BCUT2D eigenvalue weighted by atomic mass is 31.2. The molecule has 60 heavy (non-hydrogen) atoms. The molecular formula is C45H53N5O9P+. The van der Waals surface area contributed by atoms with Gasteiger partial charge < -0.3 is 19.5 Å². The van der Waals surface area contributed by atoms with Gasteiger partial charge in [-0.15, -0.1) is 5.06 Å². The van der Waals surface area contributed by atoms with E-state index in [9.17, 15) is 33.5 Å². The minimum absolute atomic E-state index is 0.00234. The van der Waals surface area contributed by atoms with Crippen molar-refractivity contribution in [2.75, 3.05) is 31.8 Å². The van der Waals surface area contributed by atoms with Crippen LogP contribution < -0.4 is 9.47 Å². The number of anilines is 1. The summed E-state index contributed by atoms with van der Waals surface area (Å²) in [6, 6.07) is 14.7. The van der Waals surface area contributed by atoms with Crippen LogP contribution in [0.5, 0.6) is 0 Å². The summed E-state index contributed by atoms with van der Waals surface area (Å²) in [6.07, 6.45) is 13.5. The maximum Gasteiger partial charge on any atom is 0.363 e. The van der Waals surface area contributed by atoms with Crippen LogP contribution in [-0.2, 0) is 47.6 Å². The standard InChI is InChI=1S/C45H52N5O9P/c1-8-9-23-48-29-33(42(53)47(6)58-7)27-35-41(48)46-37(44(35,3)4)13-11-10-12-14-38-45(5,34-26-30(2)15-20-36(34)49(38)24-25-60(55,56)57)28-31-16-18-32(19-17-31)43(54)59-50-39(51)21-22-40(50)52/h10-20,26-27,29H,8-9,21-25,28H2,1-7H3,(H-,55,56,57)/p+1. The summed E-state index contributed by atoms with van der Waals surface area (Å²) < 4.78 is 14.2. The predicted molar refractivity (Wildman–Crippen MR) is 227 cm³/mol. The smallest absolute Gasteiger partial charge is 0.343 e. The second-order valence-corrected chi connectivity index (χ2v) is 17.9. The number of hydrogen-bond acceptors (Lipinski definition) is 9. The lowest BCUT2D eigenvalue weighted by atomic mass is 9.76. The number of pyridine rings is 1. The van der Waals surface area contributed by atoms with E-state index < -0.39 is 36.2 Å². The maximum atomic E-state index is 13.1. The first-order valence-corrected chi connectivity index (χ1v) is 21.8. The van der Waals surface area contributed by atoms with Crippen LogP contribution in [0.1, 0.15) is 96.3 Å². The summed E-state index contributed by atoms with van der Waals surface area (Å²) in [7, 11) is -1.31. The van der Waals surface area contributed by atoms with Crippen molar-refractivity contribution in [2.45, 2.75) is 84.1 Å². The highest BCUT2D eigenvalue weighted by Gasteiger charge is 2.45. The maximum absolute atomic E-state index is 13.1. The van der Waals surface area contributed by atoms with Gasteiger partial charge in [0.2, 0.25) is 0 Å². The summed E-state index contributed by atoms with van der Waals surface area (Å²) in [6.45, 7) is 11.2. The molecule has 3 aromatic rings. The number of fused-ring (bicyclic) bond motifs is 2. The molecule has 1 atom stereocenters. The Balaban J connectivity index is 1.30. The Hall–Kier alpha value is -5.53. The van der Waals surface area contributed by atoms with E-state index in [0.717, 1.165) is 58.0 Å². The topological polar surface area (TPSA) is 170 Å². The van der Waals surface area contributed by atoms with Crippen LogP contribution in [0.25, 0.3) is 0 Å². The van der Waals surface area contributed by atoms with Crippen molar-refractivity contribution in [3.05, 3.63) is 124 Å². The number of benzene rings is 2. The minimum atomic E-state index is -4.35. The van der Waals surface area contributed by atoms with Crippen LogP contribution in [0.4, 0.5) is 11.5 Å². The first kappa shape index (κ1) is 44.0. The van der Waals surface area contributed by atoms with Gasteiger partial charge in [0.15, 0.2) is 5.71 Å². The Morgan fingerprint density at radius 1 is 0.983 bits per heavy atom. The van der Waals surface area contributed by atoms with Gasteiger partial charge in [-0.2, -0.15) is 0 Å². The van der Waals surface area contributed by atoms with Crippen LogP contribution in [0.3, 0.4) is 0 Å². The number of carbonyl (C=O) groups is 4. The largest absolute Gasteiger partial charge is 0.363 e. The van der Waals surface area contributed by atoms with E-state index in [2.05, 4.69) is 33.8 Å². The normalized spacial score (nSPS) is 19.1. The second kappa shape index (κ2) is 17.6. The number of aliphatic imine (C=N–C) groups is 1. The second-order valence-electron chi connectivity index (χ2n) is 16.1. The third-order valence-electron chi connectivity index (χ3n) is 11.4. The SMILES string of the molecule is CCCC[n+]1cc(C(=O)N(C)OC)cc2c1N=C(/C=C/C=C/C=C1/N(CCP(=O)(O)O)c3ccc(C)cc3C1(C)Cc1ccc(C(=O)ON3C(=O)CCC3=O)cc1)C2(C)C. The van der Waals surface area contributed by atoms with Crippen molar-refractivity contribution >= 4 is 48.5 Å². The number of aryl methyl sites for hydroxylation is 2. The monoisotopic (exact) mass is 838 g/mol. The van der Waals surface area contributed by atoms with Gasteiger partial charge in [-0.3, -0.25) is 23.8 Å². The van der Waals surface area contributed by atoms with E-state index >= 15 is 0 Å². The molecule has 0 saturated carbocycles. The number of hydrogen-bond donors (Lipinski definition) is 2. The molecule has 3 aliphatic heterocycles. The molecule has 14 nitrogen and oxygen atoms in total. The molecule has 0 bridgehead atoms. The molecule has 0 spiro atoms. The van der Waals surface area contributed by atoms with Crippen molar-refractivity contribution in [2.24, 2.45) is 4.99 Å². The fraction of sp³-hybridized carbons (Fsp3) is 0.378. The quantitative estimate of drug-likeness (QED) is 0.0567. The molecule has 4 heterocycles. The van der Waals surface area contributed by atoms with Crippen LogP contribution in [0.15, 0.2) is 95.8 Å². The number of unbranched alkanes of at least 4 members (excludes halogenated alkanes) is 1. The van der Waals surface area contributed by atoms with Crippen molar-refractivity contribution in [3.8, 4) is 0 Å². The molecule has 1 saturated heterocycles. The van der Waals surface area contributed by atoms with Crippen molar-refractivity contribution < 1.29 is 47.8 Å². The predicted octanol–water partition coefficient (Wildman–Crippen LogP) is 6.50. The van der Waals surface area contributed by atoms with Crippen molar-refractivity contribution in [1.82, 2.24) is 10.1 Å². The van der Waals surface area contributed by atoms with E-state index in [1.165, 1.54) is 12.2 Å². The van der Waals surface area contributed by atoms with E-state index in [1.54, 1.807) is 31.3 Å². The molecule has 3 aliphatic rings. The molecule has 1 unspecified atom stereocenters. The van der Waals surface area contributed by atoms with Crippen LogP contribution in [0, 0.1) is 6.92 Å². The highest BCUT2D eigenvalue weighted by molar-refractivity contribution is 7.51. The average Bonchev–Trinajstić information content (AvgIpc) is 3.75. The number of rotatable bonds is 15. The van der Waals surface area contributed by atoms with Gasteiger partial charge in [0.25, 0.3) is 17.7 Å². The molecule has 6 rings (SSSR count). The molecule has 2 N–H and O–H groups in total. The Morgan fingerprint density at radius 3 is 2.33 bits per heavy atom. The molecule has 3 amide bonds. The number of hydroxylamine groups is 4. The first-order chi connectivity index (χ1) is 28.4. The summed E-state index contributed by atoms with van der Waals surface area (Å²) in [5.41, 5.74) is 5.84. The first-order valence-electron chi connectivity index (χ1n) is 20.0. The average molecular weight is 839 g/mol. The van der Waals surface area contributed by atoms with Crippen molar-refractivity contribution in [1.29, 1.82) is 0 Å². The van der Waals surface area contributed by atoms with Gasteiger partial charge in [-0.25, -0.2) is 14.4 Å². The van der Waals surface area contributed by atoms with Gasteiger partial charge in [-0.1, -0.05) is 61.4 Å².